The Labute approximate surface area is 164 Å². The number of nitrogens with one attached hydrogen (secondary N) is 1. The number of aromatic nitrogens is 1. The molecule has 0 fully saturated rings. The molecule has 0 radical (unpaired) electrons. The second-order valence-electron chi connectivity index (χ2n) is 6.91. The summed E-state index contributed by atoms with van der Waals surface area (Å²) in [5.74, 6) is -0.650. The van der Waals surface area contributed by atoms with Crippen LogP contribution in [0.1, 0.15) is 39.0 Å². The molecule has 0 bridgehead atoms. The van der Waals surface area contributed by atoms with Gasteiger partial charge in [-0.3, -0.25) is 14.6 Å². The normalized spacial score (nSPS) is 18.5. The molecule has 0 unspecified atom stereocenters. The Bertz CT molecular complexity index is 989. The standard InChI is InChI=1S/C23H21N3O2/c1-26-21(17-7-3-2-4-8-17)20(18-9-5-6-10-19(18)23(26)28)22(27)25-15-16-11-13-24-14-12-16/h2-14,20-21H,15H2,1H3,(H,25,27)/t20-,21-/m0/s1. The molecule has 4 rings (SSSR count). The van der Waals surface area contributed by atoms with Crippen LogP contribution in [0.4, 0.5) is 0 Å². The van der Waals surface area contributed by atoms with Crippen LogP contribution in [-0.4, -0.2) is 28.7 Å². The van der Waals surface area contributed by atoms with Gasteiger partial charge < -0.3 is 10.2 Å². The highest BCUT2D eigenvalue weighted by molar-refractivity contribution is 6.01. The van der Waals surface area contributed by atoms with Crippen molar-refractivity contribution in [3.8, 4) is 0 Å². The number of nitrogens with zero attached hydrogens (tertiary/aromatic N) is 2. The monoisotopic (exact) mass is 371 g/mol. The minimum Gasteiger partial charge on any atom is -0.351 e. The lowest BCUT2D eigenvalue weighted by atomic mass is 9.79. The van der Waals surface area contributed by atoms with Crippen LogP contribution >= 0.6 is 0 Å². The molecule has 5 heteroatoms. The predicted molar refractivity (Wildman–Crippen MR) is 107 cm³/mol. The molecule has 1 aromatic heterocycles. The van der Waals surface area contributed by atoms with E-state index in [0.29, 0.717) is 12.1 Å². The van der Waals surface area contributed by atoms with E-state index in [2.05, 4.69) is 10.3 Å². The van der Waals surface area contributed by atoms with Gasteiger partial charge in [0, 0.05) is 31.5 Å². The second kappa shape index (κ2) is 7.64. The van der Waals surface area contributed by atoms with Crippen LogP contribution in [0.5, 0.6) is 0 Å². The Morgan fingerprint density at radius 2 is 1.68 bits per heavy atom. The Hall–Kier alpha value is -3.47. The van der Waals surface area contributed by atoms with Gasteiger partial charge in [0.15, 0.2) is 0 Å². The lowest BCUT2D eigenvalue weighted by Gasteiger charge is -2.39. The van der Waals surface area contributed by atoms with Crippen molar-refractivity contribution >= 4 is 11.8 Å². The molecule has 3 aromatic rings. The van der Waals surface area contributed by atoms with Crippen molar-refractivity contribution in [2.24, 2.45) is 0 Å². The molecule has 0 saturated heterocycles. The number of likely N-dealkylation sites (N-methyl/N-ethyl adjacent to an activating group) is 1. The molecule has 1 aliphatic rings. The van der Waals surface area contributed by atoms with Crippen molar-refractivity contribution in [3.05, 3.63) is 101 Å². The highest BCUT2D eigenvalue weighted by Gasteiger charge is 2.42. The van der Waals surface area contributed by atoms with Gasteiger partial charge in [0.05, 0.1) is 12.0 Å². The van der Waals surface area contributed by atoms with E-state index in [4.69, 9.17) is 0 Å². The molecule has 2 atom stereocenters. The molecular formula is C23H21N3O2. The van der Waals surface area contributed by atoms with Crippen LogP contribution in [0.3, 0.4) is 0 Å². The maximum Gasteiger partial charge on any atom is 0.254 e. The minimum absolute atomic E-state index is 0.0670. The fourth-order valence-electron chi connectivity index (χ4n) is 3.82. The zero-order valence-corrected chi connectivity index (χ0v) is 15.6. The summed E-state index contributed by atoms with van der Waals surface area (Å²) >= 11 is 0. The molecule has 0 saturated carbocycles. The zero-order chi connectivity index (χ0) is 19.5. The first kappa shape index (κ1) is 17.9. The Morgan fingerprint density at radius 3 is 2.43 bits per heavy atom. The fourth-order valence-corrected chi connectivity index (χ4v) is 3.82. The number of rotatable bonds is 4. The van der Waals surface area contributed by atoms with Crippen LogP contribution in [-0.2, 0) is 11.3 Å². The maximum atomic E-state index is 13.3. The van der Waals surface area contributed by atoms with Crippen molar-refractivity contribution in [2.45, 2.75) is 18.5 Å². The Kier molecular flexibility index (Phi) is 4.89. The number of benzene rings is 2. The van der Waals surface area contributed by atoms with Gasteiger partial charge in [-0.15, -0.1) is 0 Å². The first-order valence-electron chi connectivity index (χ1n) is 9.24. The zero-order valence-electron chi connectivity index (χ0n) is 15.6. The van der Waals surface area contributed by atoms with Gasteiger partial charge in [-0.25, -0.2) is 0 Å². The fraction of sp³-hybridized carbons (Fsp3) is 0.174. The van der Waals surface area contributed by atoms with Gasteiger partial charge in [0.25, 0.3) is 5.91 Å². The van der Waals surface area contributed by atoms with Crippen LogP contribution in [0.25, 0.3) is 0 Å². The summed E-state index contributed by atoms with van der Waals surface area (Å²) < 4.78 is 0. The maximum absolute atomic E-state index is 13.3. The van der Waals surface area contributed by atoms with Crippen molar-refractivity contribution in [2.75, 3.05) is 7.05 Å². The summed E-state index contributed by atoms with van der Waals surface area (Å²) in [7, 11) is 1.76. The van der Waals surface area contributed by atoms with Gasteiger partial charge in [-0.2, -0.15) is 0 Å². The van der Waals surface area contributed by atoms with Gasteiger partial charge in [-0.1, -0.05) is 48.5 Å². The first-order valence-corrected chi connectivity index (χ1v) is 9.24. The Morgan fingerprint density at radius 1 is 1.00 bits per heavy atom. The van der Waals surface area contributed by atoms with Crippen molar-refractivity contribution in [1.82, 2.24) is 15.2 Å². The molecule has 28 heavy (non-hydrogen) atoms. The molecule has 0 aliphatic carbocycles. The molecule has 0 spiro atoms. The third kappa shape index (κ3) is 3.27. The quantitative estimate of drug-likeness (QED) is 0.765. The number of hydrogen-bond acceptors (Lipinski definition) is 3. The summed E-state index contributed by atoms with van der Waals surface area (Å²) in [5, 5.41) is 3.04. The van der Waals surface area contributed by atoms with E-state index < -0.39 is 5.92 Å². The van der Waals surface area contributed by atoms with E-state index in [0.717, 1.165) is 16.7 Å². The van der Waals surface area contributed by atoms with Crippen molar-refractivity contribution in [3.63, 3.8) is 0 Å². The largest absolute Gasteiger partial charge is 0.351 e. The number of carbonyl (C=O) groups excluding carboxylic acids is 2. The summed E-state index contributed by atoms with van der Waals surface area (Å²) in [4.78, 5) is 31.9. The topological polar surface area (TPSA) is 62.3 Å². The van der Waals surface area contributed by atoms with Gasteiger partial charge >= 0.3 is 0 Å². The minimum atomic E-state index is -0.483. The van der Waals surface area contributed by atoms with Crippen LogP contribution in [0.15, 0.2) is 79.1 Å². The van der Waals surface area contributed by atoms with Crippen molar-refractivity contribution in [1.29, 1.82) is 0 Å². The molecule has 5 nitrogen and oxygen atoms in total. The predicted octanol–water partition coefficient (Wildman–Crippen LogP) is 3.31. The second-order valence-corrected chi connectivity index (χ2v) is 6.91. The third-order valence-corrected chi connectivity index (χ3v) is 5.22. The van der Waals surface area contributed by atoms with E-state index in [-0.39, 0.29) is 17.9 Å². The molecule has 2 aromatic carbocycles. The SMILES string of the molecule is CN1C(=O)c2ccccc2[C@H](C(=O)NCc2ccncc2)[C@@H]1c1ccccc1. The van der Waals surface area contributed by atoms with Gasteiger partial charge in [0.1, 0.15) is 0 Å². The molecule has 140 valence electrons. The summed E-state index contributed by atoms with van der Waals surface area (Å²) in [5.41, 5.74) is 3.28. The van der Waals surface area contributed by atoms with E-state index >= 15 is 0 Å². The number of pyridine rings is 1. The number of fused-ring (bicyclic) bond motifs is 1. The van der Waals surface area contributed by atoms with E-state index in [9.17, 15) is 9.59 Å². The lowest BCUT2D eigenvalue weighted by molar-refractivity contribution is -0.124. The summed E-state index contributed by atoms with van der Waals surface area (Å²) in [6.07, 6.45) is 3.41. The van der Waals surface area contributed by atoms with Crippen molar-refractivity contribution < 1.29 is 9.59 Å². The molecule has 2 heterocycles. The van der Waals surface area contributed by atoms with E-state index in [1.807, 2.05) is 60.7 Å². The Balaban J connectivity index is 1.72. The van der Waals surface area contributed by atoms with Crippen LogP contribution < -0.4 is 5.32 Å². The average molecular weight is 371 g/mol. The van der Waals surface area contributed by atoms with Gasteiger partial charge in [0.2, 0.25) is 5.91 Å². The van der Waals surface area contributed by atoms with Gasteiger partial charge in [-0.05, 0) is 34.9 Å². The number of hydrogen-bond donors (Lipinski definition) is 1. The lowest BCUT2D eigenvalue weighted by Crippen LogP contribution is -2.45. The summed E-state index contributed by atoms with van der Waals surface area (Å²) in [6.45, 7) is 0.416. The smallest absolute Gasteiger partial charge is 0.254 e. The van der Waals surface area contributed by atoms with E-state index in [1.54, 1.807) is 30.4 Å². The number of amides is 2. The number of carbonyl (C=O) groups is 2. The highest BCUT2D eigenvalue weighted by atomic mass is 16.2. The van der Waals surface area contributed by atoms with Crippen LogP contribution in [0, 0.1) is 0 Å². The average Bonchev–Trinajstić information content (AvgIpc) is 2.75. The van der Waals surface area contributed by atoms with Crippen LogP contribution in [0.2, 0.25) is 0 Å². The molecule has 2 amide bonds. The highest BCUT2D eigenvalue weighted by Crippen LogP contribution is 2.41. The summed E-state index contributed by atoms with van der Waals surface area (Å²) in [6, 6.07) is 20.5. The molecular weight excluding hydrogens is 350 g/mol. The van der Waals surface area contributed by atoms with E-state index in [1.165, 1.54) is 0 Å². The third-order valence-electron chi connectivity index (χ3n) is 5.22. The molecule has 1 N–H and O–H groups in total. The first-order chi connectivity index (χ1) is 13.7. The molecule has 1 aliphatic heterocycles.